The van der Waals surface area contributed by atoms with Gasteiger partial charge in [0.2, 0.25) is 0 Å². The number of piperidine rings is 1. The van der Waals surface area contributed by atoms with Gasteiger partial charge >= 0.3 is 0 Å². The third kappa shape index (κ3) is 4.51. The average Bonchev–Trinajstić information content (AvgIpc) is 2.29. The maximum atomic E-state index is 8.95. The van der Waals surface area contributed by atoms with Crippen molar-refractivity contribution in [3.8, 4) is 6.07 Å². The van der Waals surface area contributed by atoms with Crippen molar-refractivity contribution in [1.29, 1.82) is 5.26 Å². The molecule has 1 fully saturated rings. The molecule has 1 heterocycles. The van der Waals surface area contributed by atoms with E-state index in [9.17, 15) is 0 Å². The Hall–Kier alpha value is -0.590. The van der Waals surface area contributed by atoms with Gasteiger partial charge in [-0.3, -0.25) is 0 Å². The van der Waals surface area contributed by atoms with Crippen molar-refractivity contribution in [2.24, 2.45) is 11.3 Å². The second kappa shape index (κ2) is 6.22. The van der Waals surface area contributed by atoms with Crippen molar-refractivity contribution < 1.29 is 4.74 Å². The molecule has 0 N–H and O–H groups in total. The van der Waals surface area contributed by atoms with Crippen LogP contribution in [-0.4, -0.2) is 38.3 Å². The second-order valence-electron chi connectivity index (χ2n) is 5.49. The van der Waals surface area contributed by atoms with Crippen molar-refractivity contribution in [2.45, 2.75) is 33.1 Å². The molecule has 16 heavy (non-hydrogen) atoms. The van der Waals surface area contributed by atoms with Crippen molar-refractivity contribution >= 4 is 0 Å². The Bertz CT molecular complexity index is 237. The van der Waals surface area contributed by atoms with Gasteiger partial charge in [0, 0.05) is 13.7 Å². The van der Waals surface area contributed by atoms with Gasteiger partial charge in [-0.15, -0.1) is 0 Å². The predicted molar refractivity (Wildman–Crippen MR) is 65.1 cm³/mol. The predicted octanol–water partition coefficient (Wildman–Crippen LogP) is 2.28. The van der Waals surface area contributed by atoms with E-state index in [0.717, 1.165) is 38.6 Å². The van der Waals surface area contributed by atoms with Gasteiger partial charge in [0.05, 0.1) is 11.5 Å². The van der Waals surface area contributed by atoms with Crippen LogP contribution < -0.4 is 0 Å². The first-order valence-electron chi connectivity index (χ1n) is 6.20. The minimum Gasteiger partial charge on any atom is -0.384 e. The zero-order valence-electron chi connectivity index (χ0n) is 10.8. The molecule has 0 bridgehead atoms. The molecule has 0 atom stereocenters. The zero-order chi connectivity index (χ0) is 12.0. The molecule has 0 spiro atoms. The lowest BCUT2D eigenvalue weighted by molar-refractivity contribution is 0.0960. The average molecular weight is 224 g/mol. The molecule has 3 nitrogen and oxygen atoms in total. The van der Waals surface area contributed by atoms with Gasteiger partial charge < -0.3 is 9.64 Å². The molecular formula is C13H24N2O. The molecule has 1 aliphatic heterocycles. The summed E-state index contributed by atoms with van der Waals surface area (Å²) in [5.74, 6) is 0.741. The highest BCUT2D eigenvalue weighted by atomic mass is 16.5. The number of ether oxygens (including phenoxy) is 1. The standard InChI is InChI=1S/C13H24N2O/c1-13(2,11-14)6-9-15-7-4-12(5-8-15)10-16-3/h12H,4-10H2,1-3H3. The van der Waals surface area contributed by atoms with Gasteiger partial charge in [0.15, 0.2) is 0 Å². The molecule has 0 aromatic heterocycles. The molecule has 1 saturated heterocycles. The van der Waals surface area contributed by atoms with Crippen molar-refractivity contribution in [2.75, 3.05) is 33.4 Å². The number of rotatable bonds is 5. The van der Waals surface area contributed by atoms with Crippen LogP contribution in [0, 0.1) is 22.7 Å². The Kier molecular flexibility index (Phi) is 5.24. The summed E-state index contributed by atoms with van der Waals surface area (Å²) >= 11 is 0. The highest BCUT2D eigenvalue weighted by Gasteiger charge is 2.22. The Balaban J connectivity index is 2.20. The molecule has 0 unspecified atom stereocenters. The lowest BCUT2D eigenvalue weighted by atomic mass is 9.90. The van der Waals surface area contributed by atoms with Crippen molar-refractivity contribution in [1.82, 2.24) is 4.90 Å². The summed E-state index contributed by atoms with van der Waals surface area (Å²) in [5, 5.41) is 8.95. The highest BCUT2D eigenvalue weighted by Crippen LogP contribution is 2.22. The SMILES string of the molecule is COCC1CCN(CCC(C)(C)C#N)CC1. The molecule has 0 aliphatic carbocycles. The highest BCUT2D eigenvalue weighted by molar-refractivity contribution is 4.92. The van der Waals surface area contributed by atoms with Crippen LogP contribution in [-0.2, 0) is 4.74 Å². The van der Waals surface area contributed by atoms with Gasteiger partial charge in [0.25, 0.3) is 0 Å². The van der Waals surface area contributed by atoms with Crippen LogP contribution in [0.3, 0.4) is 0 Å². The number of hydrogen-bond acceptors (Lipinski definition) is 3. The zero-order valence-corrected chi connectivity index (χ0v) is 10.8. The Morgan fingerprint density at radius 2 is 2.00 bits per heavy atom. The van der Waals surface area contributed by atoms with E-state index in [1.807, 2.05) is 13.8 Å². The first kappa shape index (κ1) is 13.5. The van der Waals surface area contributed by atoms with Crippen molar-refractivity contribution in [3.05, 3.63) is 0 Å². The summed E-state index contributed by atoms with van der Waals surface area (Å²) in [5.41, 5.74) is -0.177. The fourth-order valence-electron chi connectivity index (χ4n) is 2.11. The van der Waals surface area contributed by atoms with Crippen molar-refractivity contribution in [3.63, 3.8) is 0 Å². The van der Waals surface area contributed by atoms with Gasteiger partial charge in [0.1, 0.15) is 0 Å². The van der Waals surface area contributed by atoms with Gasteiger partial charge in [-0.25, -0.2) is 0 Å². The Morgan fingerprint density at radius 1 is 1.38 bits per heavy atom. The molecule has 1 rings (SSSR count). The summed E-state index contributed by atoms with van der Waals surface area (Å²) in [6, 6.07) is 2.36. The minimum atomic E-state index is -0.177. The monoisotopic (exact) mass is 224 g/mol. The molecule has 3 heteroatoms. The number of methoxy groups -OCH3 is 1. The maximum Gasteiger partial charge on any atom is 0.0684 e. The summed E-state index contributed by atoms with van der Waals surface area (Å²) in [4.78, 5) is 2.48. The fourth-order valence-corrected chi connectivity index (χ4v) is 2.11. The third-order valence-corrected chi connectivity index (χ3v) is 3.47. The first-order chi connectivity index (χ1) is 7.57. The summed E-state index contributed by atoms with van der Waals surface area (Å²) in [7, 11) is 1.78. The van der Waals surface area contributed by atoms with E-state index in [1.165, 1.54) is 12.8 Å². The number of likely N-dealkylation sites (tertiary alicyclic amines) is 1. The van der Waals surface area contributed by atoms with E-state index in [0.29, 0.717) is 0 Å². The van der Waals surface area contributed by atoms with Crippen LogP contribution in [0.25, 0.3) is 0 Å². The van der Waals surface area contributed by atoms with E-state index in [-0.39, 0.29) is 5.41 Å². The normalized spacial score (nSPS) is 19.6. The van der Waals surface area contributed by atoms with Crippen LogP contribution in [0.4, 0.5) is 0 Å². The van der Waals surface area contributed by atoms with Crippen LogP contribution >= 0.6 is 0 Å². The second-order valence-corrected chi connectivity index (χ2v) is 5.49. The number of nitriles is 1. The van der Waals surface area contributed by atoms with Crippen LogP contribution in [0.5, 0.6) is 0 Å². The molecule has 0 saturated carbocycles. The largest absolute Gasteiger partial charge is 0.384 e. The molecular weight excluding hydrogens is 200 g/mol. The Labute approximate surface area is 99.4 Å². The van der Waals surface area contributed by atoms with Crippen LogP contribution in [0.15, 0.2) is 0 Å². The topological polar surface area (TPSA) is 36.3 Å². The third-order valence-electron chi connectivity index (χ3n) is 3.47. The lowest BCUT2D eigenvalue weighted by Crippen LogP contribution is -2.36. The van der Waals surface area contributed by atoms with E-state index >= 15 is 0 Å². The summed E-state index contributed by atoms with van der Waals surface area (Å²) in [6.07, 6.45) is 3.44. The van der Waals surface area contributed by atoms with E-state index < -0.39 is 0 Å². The number of hydrogen-bond donors (Lipinski definition) is 0. The molecule has 0 aromatic rings. The lowest BCUT2D eigenvalue weighted by Gasteiger charge is -2.32. The molecule has 92 valence electrons. The molecule has 0 amide bonds. The minimum absolute atomic E-state index is 0.177. The van der Waals surface area contributed by atoms with Gasteiger partial charge in [-0.05, 0) is 58.7 Å². The van der Waals surface area contributed by atoms with Gasteiger partial charge in [-0.1, -0.05) is 0 Å². The van der Waals surface area contributed by atoms with Gasteiger partial charge in [-0.2, -0.15) is 5.26 Å². The van der Waals surface area contributed by atoms with E-state index in [2.05, 4.69) is 11.0 Å². The quantitative estimate of drug-likeness (QED) is 0.719. The molecule has 0 radical (unpaired) electrons. The maximum absolute atomic E-state index is 8.95. The summed E-state index contributed by atoms with van der Waals surface area (Å²) < 4.78 is 5.19. The number of nitrogens with zero attached hydrogens (tertiary/aromatic N) is 2. The fraction of sp³-hybridized carbons (Fsp3) is 0.923. The van der Waals surface area contributed by atoms with E-state index in [4.69, 9.17) is 10.00 Å². The van der Waals surface area contributed by atoms with E-state index in [1.54, 1.807) is 7.11 Å². The summed E-state index contributed by atoms with van der Waals surface area (Å²) in [6.45, 7) is 8.32. The Morgan fingerprint density at radius 3 is 2.50 bits per heavy atom. The molecule has 1 aliphatic rings. The molecule has 0 aromatic carbocycles. The van der Waals surface area contributed by atoms with Crippen LogP contribution in [0.2, 0.25) is 0 Å². The first-order valence-corrected chi connectivity index (χ1v) is 6.20. The van der Waals surface area contributed by atoms with Crippen LogP contribution in [0.1, 0.15) is 33.1 Å². The smallest absolute Gasteiger partial charge is 0.0684 e.